The minimum Gasteiger partial charge on any atom is -0.455 e. The molecule has 4 amide bonds. The van der Waals surface area contributed by atoms with Gasteiger partial charge in [-0.1, -0.05) is 23.7 Å². The fourth-order valence-corrected chi connectivity index (χ4v) is 2.69. The molecular formula is C19H27ClN4O5. The molecule has 0 aliphatic heterocycles. The van der Waals surface area contributed by atoms with E-state index in [1.807, 2.05) is 13.8 Å². The summed E-state index contributed by atoms with van der Waals surface area (Å²) in [6.45, 7) is 4.18. The molecule has 0 spiro atoms. The van der Waals surface area contributed by atoms with Crippen molar-refractivity contribution in [1.82, 2.24) is 15.1 Å². The van der Waals surface area contributed by atoms with Crippen LogP contribution in [0.3, 0.4) is 0 Å². The van der Waals surface area contributed by atoms with Gasteiger partial charge in [0.05, 0.1) is 19.0 Å². The lowest BCUT2D eigenvalue weighted by Gasteiger charge is -2.23. The summed E-state index contributed by atoms with van der Waals surface area (Å²) < 4.78 is 5.00. The van der Waals surface area contributed by atoms with E-state index in [9.17, 15) is 19.2 Å². The average Bonchev–Trinajstić information content (AvgIpc) is 2.66. The zero-order valence-electron chi connectivity index (χ0n) is 16.8. The van der Waals surface area contributed by atoms with Crippen LogP contribution >= 0.6 is 11.6 Å². The topological polar surface area (TPSA) is 122 Å². The van der Waals surface area contributed by atoms with E-state index in [4.69, 9.17) is 22.1 Å². The second kappa shape index (κ2) is 11.9. The summed E-state index contributed by atoms with van der Waals surface area (Å²) >= 11 is 5.84. The Morgan fingerprint density at radius 3 is 2.21 bits per heavy atom. The largest absolute Gasteiger partial charge is 0.455 e. The Labute approximate surface area is 175 Å². The van der Waals surface area contributed by atoms with Crippen molar-refractivity contribution in [2.75, 3.05) is 33.3 Å². The van der Waals surface area contributed by atoms with Crippen LogP contribution in [-0.4, -0.2) is 66.9 Å². The highest BCUT2D eigenvalue weighted by atomic mass is 35.5. The molecule has 0 saturated carbocycles. The number of nitrogens with two attached hydrogens (primary N) is 1. The maximum Gasteiger partial charge on any atom is 0.312 e. The summed E-state index contributed by atoms with van der Waals surface area (Å²) in [6.07, 6.45) is -0.222. The zero-order valence-corrected chi connectivity index (χ0v) is 17.6. The summed E-state index contributed by atoms with van der Waals surface area (Å²) in [4.78, 5) is 50.3. The molecule has 1 aromatic carbocycles. The number of nitrogens with one attached hydrogen (secondary N) is 1. The molecular weight excluding hydrogens is 400 g/mol. The number of benzene rings is 1. The van der Waals surface area contributed by atoms with Crippen LogP contribution in [0.25, 0.3) is 0 Å². The van der Waals surface area contributed by atoms with E-state index < -0.39 is 30.6 Å². The summed E-state index contributed by atoms with van der Waals surface area (Å²) in [5.41, 5.74) is 5.78. The molecule has 160 valence electrons. The van der Waals surface area contributed by atoms with Crippen molar-refractivity contribution in [1.29, 1.82) is 0 Å². The molecule has 29 heavy (non-hydrogen) atoms. The molecule has 0 aliphatic carbocycles. The van der Waals surface area contributed by atoms with Gasteiger partial charge >= 0.3 is 12.0 Å². The van der Waals surface area contributed by atoms with Gasteiger partial charge in [0, 0.05) is 25.2 Å². The highest BCUT2D eigenvalue weighted by Gasteiger charge is 2.21. The normalized spacial score (nSPS) is 11.3. The standard InChI is InChI=1S/C19H27ClN4O5/c1-4-24(5-2)16(25)11-23(3)17(26)12-29-18(27)10-15(22-19(21)28)13-6-8-14(20)9-7-13/h6-9,15H,4-5,10-12H2,1-3H3,(H3,21,22,28)/t15-/m1/s1. The van der Waals surface area contributed by atoms with Crippen LogP contribution in [0, 0.1) is 0 Å². The lowest BCUT2D eigenvalue weighted by atomic mass is 10.0. The highest BCUT2D eigenvalue weighted by Crippen LogP contribution is 2.20. The Kier molecular flexibility index (Phi) is 9.94. The summed E-state index contributed by atoms with van der Waals surface area (Å²) in [5.74, 6) is -1.40. The number of hydrogen-bond acceptors (Lipinski definition) is 5. The zero-order chi connectivity index (χ0) is 22.0. The van der Waals surface area contributed by atoms with E-state index in [-0.39, 0.29) is 18.9 Å². The Morgan fingerprint density at radius 2 is 1.69 bits per heavy atom. The van der Waals surface area contributed by atoms with E-state index in [0.717, 1.165) is 0 Å². The van der Waals surface area contributed by atoms with Crippen LogP contribution in [0.5, 0.6) is 0 Å². The van der Waals surface area contributed by atoms with Crippen molar-refractivity contribution in [2.45, 2.75) is 26.3 Å². The lowest BCUT2D eigenvalue weighted by molar-refractivity contribution is -0.152. The summed E-state index contributed by atoms with van der Waals surface area (Å²) in [5, 5.41) is 2.96. The third kappa shape index (κ3) is 8.39. The van der Waals surface area contributed by atoms with E-state index in [0.29, 0.717) is 23.7 Å². The highest BCUT2D eigenvalue weighted by molar-refractivity contribution is 6.30. The smallest absolute Gasteiger partial charge is 0.312 e. The number of amides is 4. The van der Waals surface area contributed by atoms with Crippen LogP contribution in [0.4, 0.5) is 4.79 Å². The van der Waals surface area contributed by atoms with Gasteiger partial charge in [-0.15, -0.1) is 0 Å². The van der Waals surface area contributed by atoms with Crippen LogP contribution in [0.1, 0.15) is 31.9 Å². The molecule has 0 radical (unpaired) electrons. The molecule has 0 heterocycles. The number of carbonyl (C=O) groups is 4. The van der Waals surface area contributed by atoms with E-state index in [1.165, 1.54) is 11.9 Å². The van der Waals surface area contributed by atoms with Crippen molar-refractivity contribution >= 4 is 35.4 Å². The fraction of sp³-hybridized carbons (Fsp3) is 0.474. The SMILES string of the molecule is CCN(CC)C(=O)CN(C)C(=O)COC(=O)C[C@@H](NC(N)=O)c1ccc(Cl)cc1. The number of nitrogens with zero attached hydrogens (tertiary/aromatic N) is 2. The number of esters is 1. The van der Waals surface area contributed by atoms with Crippen molar-refractivity contribution in [2.24, 2.45) is 5.73 Å². The monoisotopic (exact) mass is 426 g/mol. The predicted octanol–water partition coefficient (Wildman–Crippen LogP) is 1.31. The first-order chi connectivity index (χ1) is 13.7. The van der Waals surface area contributed by atoms with Crippen molar-refractivity contribution < 1.29 is 23.9 Å². The molecule has 0 aromatic heterocycles. The number of urea groups is 1. The Hall–Kier alpha value is -2.81. The van der Waals surface area contributed by atoms with Gasteiger partial charge in [-0.25, -0.2) is 4.79 Å². The summed E-state index contributed by atoms with van der Waals surface area (Å²) in [7, 11) is 1.46. The number of hydrogen-bond donors (Lipinski definition) is 2. The molecule has 3 N–H and O–H groups in total. The molecule has 1 atom stereocenters. The predicted molar refractivity (Wildman–Crippen MR) is 108 cm³/mol. The van der Waals surface area contributed by atoms with E-state index in [2.05, 4.69) is 5.32 Å². The molecule has 1 aromatic rings. The first-order valence-corrected chi connectivity index (χ1v) is 9.54. The molecule has 9 nitrogen and oxygen atoms in total. The quantitative estimate of drug-likeness (QED) is 0.546. The summed E-state index contributed by atoms with van der Waals surface area (Å²) in [6, 6.07) is 4.99. The first kappa shape index (κ1) is 24.2. The maximum absolute atomic E-state index is 12.1. The van der Waals surface area contributed by atoms with E-state index in [1.54, 1.807) is 29.2 Å². The molecule has 0 saturated heterocycles. The van der Waals surface area contributed by atoms with Crippen LogP contribution in [0.2, 0.25) is 5.02 Å². The first-order valence-electron chi connectivity index (χ1n) is 9.16. The van der Waals surface area contributed by atoms with Gasteiger partial charge in [0.15, 0.2) is 6.61 Å². The van der Waals surface area contributed by atoms with Gasteiger partial charge in [0.2, 0.25) is 5.91 Å². The van der Waals surface area contributed by atoms with E-state index >= 15 is 0 Å². The number of likely N-dealkylation sites (N-methyl/N-ethyl adjacent to an activating group) is 2. The Morgan fingerprint density at radius 1 is 1.10 bits per heavy atom. The number of primary amides is 1. The maximum atomic E-state index is 12.1. The van der Waals surface area contributed by atoms with Gasteiger partial charge in [-0.3, -0.25) is 14.4 Å². The minimum absolute atomic E-state index is 0.102. The minimum atomic E-state index is -0.802. The number of halogens is 1. The van der Waals surface area contributed by atoms with Gasteiger partial charge in [0.25, 0.3) is 5.91 Å². The van der Waals surface area contributed by atoms with Crippen LogP contribution in [-0.2, 0) is 19.1 Å². The molecule has 10 heteroatoms. The second-order valence-corrected chi connectivity index (χ2v) is 6.73. The molecule has 0 unspecified atom stereocenters. The average molecular weight is 427 g/mol. The molecule has 1 rings (SSSR count). The third-order valence-electron chi connectivity index (χ3n) is 4.23. The number of carbonyl (C=O) groups excluding carboxylic acids is 4. The van der Waals surface area contributed by atoms with Crippen LogP contribution < -0.4 is 11.1 Å². The fourth-order valence-electron chi connectivity index (χ4n) is 2.56. The van der Waals surface area contributed by atoms with Gasteiger partial charge < -0.3 is 25.6 Å². The Bertz CT molecular complexity index is 722. The van der Waals surface area contributed by atoms with Gasteiger partial charge in [-0.2, -0.15) is 0 Å². The third-order valence-corrected chi connectivity index (χ3v) is 4.48. The molecule has 0 bridgehead atoms. The van der Waals surface area contributed by atoms with Crippen molar-refractivity contribution in [3.05, 3.63) is 34.9 Å². The number of rotatable bonds is 10. The van der Waals surface area contributed by atoms with Crippen LogP contribution in [0.15, 0.2) is 24.3 Å². The van der Waals surface area contributed by atoms with Crippen molar-refractivity contribution in [3.63, 3.8) is 0 Å². The van der Waals surface area contributed by atoms with Gasteiger partial charge in [-0.05, 0) is 31.5 Å². The molecule has 0 fully saturated rings. The second-order valence-electron chi connectivity index (χ2n) is 6.29. The van der Waals surface area contributed by atoms with Gasteiger partial charge in [0.1, 0.15) is 0 Å². The number of ether oxygens (including phenoxy) is 1. The lowest BCUT2D eigenvalue weighted by Crippen LogP contribution is -2.42. The Balaban J connectivity index is 2.60. The molecule has 0 aliphatic rings. The van der Waals surface area contributed by atoms with Crippen molar-refractivity contribution in [3.8, 4) is 0 Å².